The second-order valence-electron chi connectivity index (χ2n) is 5.37. The molecule has 0 aliphatic carbocycles. The van der Waals surface area contributed by atoms with Crippen LogP contribution in [-0.4, -0.2) is 44.0 Å². The van der Waals surface area contributed by atoms with E-state index < -0.39 is 0 Å². The van der Waals surface area contributed by atoms with Crippen molar-refractivity contribution in [2.45, 2.75) is 6.92 Å². The molecule has 0 unspecified atom stereocenters. The van der Waals surface area contributed by atoms with Gasteiger partial charge in [-0.25, -0.2) is 0 Å². The van der Waals surface area contributed by atoms with Crippen molar-refractivity contribution in [2.75, 3.05) is 32.6 Å². The summed E-state index contributed by atoms with van der Waals surface area (Å²) >= 11 is 0. The molecule has 132 valence electrons. The van der Waals surface area contributed by atoms with E-state index in [0.29, 0.717) is 29.4 Å². The van der Waals surface area contributed by atoms with Crippen LogP contribution in [0.5, 0.6) is 11.5 Å². The Bertz CT molecular complexity index is 746. The zero-order valence-corrected chi connectivity index (χ0v) is 14.6. The molecule has 6 heteroatoms. The fourth-order valence-electron chi connectivity index (χ4n) is 2.32. The third-order valence-corrected chi connectivity index (χ3v) is 3.50. The van der Waals surface area contributed by atoms with Gasteiger partial charge in [-0.15, -0.1) is 0 Å². The lowest BCUT2D eigenvalue weighted by Gasteiger charge is -2.18. The van der Waals surface area contributed by atoms with Gasteiger partial charge in [0, 0.05) is 18.8 Å². The number of hydrogen-bond donors (Lipinski definition) is 1. The first-order valence-corrected chi connectivity index (χ1v) is 7.96. The monoisotopic (exact) mass is 342 g/mol. The van der Waals surface area contributed by atoms with Crippen LogP contribution < -0.4 is 14.8 Å². The van der Waals surface area contributed by atoms with Crippen LogP contribution in [0, 0.1) is 0 Å². The van der Waals surface area contributed by atoms with Gasteiger partial charge < -0.3 is 19.7 Å². The van der Waals surface area contributed by atoms with Crippen molar-refractivity contribution >= 4 is 17.5 Å². The highest BCUT2D eigenvalue weighted by Gasteiger charge is 2.18. The molecule has 25 heavy (non-hydrogen) atoms. The summed E-state index contributed by atoms with van der Waals surface area (Å²) in [6.45, 7) is 2.24. The van der Waals surface area contributed by atoms with Crippen LogP contribution in [0.15, 0.2) is 48.5 Å². The molecular formula is C19H22N2O4. The van der Waals surface area contributed by atoms with Gasteiger partial charge in [0.05, 0.1) is 25.8 Å². The lowest BCUT2D eigenvalue weighted by Crippen LogP contribution is -2.35. The average Bonchev–Trinajstić information content (AvgIpc) is 2.62. The highest BCUT2D eigenvalue weighted by Crippen LogP contribution is 2.20. The molecule has 0 atom stereocenters. The maximum absolute atomic E-state index is 12.6. The third-order valence-electron chi connectivity index (χ3n) is 3.50. The number of rotatable bonds is 7. The predicted octanol–water partition coefficient (Wildman–Crippen LogP) is 2.80. The van der Waals surface area contributed by atoms with Gasteiger partial charge in [0.2, 0.25) is 5.91 Å². The molecule has 0 aliphatic heterocycles. The molecule has 0 saturated carbocycles. The molecule has 0 heterocycles. The van der Waals surface area contributed by atoms with Crippen molar-refractivity contribution < 1.29 is 19.1 Å². The Morgan fingerprint density at radius 2 is 1.88 bits per heavy atom. The summed E-state index contributed by atoms with van der Waals surface area (Å²) in [6, 6.07) is 14.0. The van der Waals surface area contributed by atoms with Gasteiger partial charge in [-0.05, 0) is 31.2 Å². The van der Waals surface area contributed by atoms with Crippen molar-refractivity contribution in [3.63, 3.8) is 0 Å². The standard InChI is InChI=1S/C19H22N2O4/c1-4-25-17-11-6-5-10-16(17)19(23)21(2)13-18(22)20-14-8-7-9-15(12-14)24-3/h5-12H,4,13H2,1-3H3,(H,20,22). The minimum atomic E-state index is -0.294. The van der Waals surface area contributed by atoms with Crippen molar-refractivity contribution in [2.24, 2.45) is 0 Å². The van der Waals surface area contributed by atoms with Gasteiger partial charge in [-0.3, -0.25) is 9.59 Å². The van der Waals surface area contributed by atoms with Gasteiger partial charge in [-0.1, -0.05) is 18.2 Å². The molecule has 2 amide bonds. The van der Waals surface area contributed by atoms with E-state index in [1.165, 1.54) is 4.90 Å². The van der Waals surface area contributed by atoms with E-state index in [9.17, 15) is 9.59 Å². The van der Waals surface area contributed by atoms with Gasteiger partial charge in [0.25, 0.3) is 5.91 Å². The molecule has 0 fully saturated rings. The summed E-state index contributed by atoms with van der Waals surface area (Å²) in [6.07, 6.45) is 0. The number of amides is 2. The van der Waals surface area contributed by atoms with Crippen molar-refractivity contribution in [3.05, 3.63) is 54.1 Å². The third kappa shape index (κ3) is 4.97. The molecule has 0 radical (unpaired) electrons. The van der Waals surface area contributed by atoms with Gasteiger partial charge >= 0.3 is 0 Å². The molecule has 2 aromatic rings. The summed E-state index contributed by atoms with van der Waals surface area (Å²) < 4.78 is 10.6. The molecule has 1 N–H and O–H groups in total. The minimum Gasteiger partial charge on any atom is -0.497 e. The lowest BCUT2D eigenvalue weighted by molar-refractivity contribution is -0.116. The van der Waals surface area contributed by atoms with E-state index in [-0.39, 0.29) is 18.4 Å². The molecule has 0 aliphatic rings. The molecule has 2 rings (SSSR count). The SMILES string of the molecule is CCOc1ccccc1C(=O)N(C)CC(=O)Nc1cccc(OC)c1. The summed E-state index contributed by atoms with van der Waals surface area (Å²) in [5, 5.41) is 2.75. The fourth-order valence-corrected chi connectivity index (χ4v) is 2.32. The molecule has 2 aromatic carbocycles. The van der Waals surface area contributed by atoms with Gasteiger partial charge in [-0.2, -0.15) is 0 Å². The molecule has 0 aromatic heterocycles. The van der Waals surface area contributed by atoms with Gasteiger partial charge in [0.15, 0.2) is 0 Å². The van der Waals surface area contributed by atoms with Gasteiger partial charge in [0.1, 0.15) is 11.5 Å². The first kappa shape index (κ1) is 18.3. The van der Waals surface area contributed by atoms with Crippen molar-refractivity contribution in [1.82, 2.24) is 4.90 Å². The van der Waals surface area contributed by atoms with Crippen molar-refractivity contribution in [1.29, 1.82) is 0 Å². The Morgan fingerprint density at radius 1 is 1.12 bits per heavy atom. The maximum atomic E-state index is 12.6. The van der Waals surface area contributed by atoms with Crippen molar-refractivity contribution in [3.8, 4) is 11.5 Å². The second-order valence-corrected chi connectivity index (χ2v) is 5.37. The Labute approximate surface area is 147 Å². The van der Waals surface area contributed by atoms with Crippen LogP contribution in [0.4, 0.5) is 5.69 Å². The Morgan fingerprint density at radius 3 is 2.60 bits per heavy atom. The first-order valence-electron chi connectivity index (χ1n) is 7.96. The minimum absolute atomic E-state index is 0.0729. The van der Waals surface area contributed by atoms with Crippen LogP contribution in [0.25, 0.3) is 0 Å². The smallest absolute Gasteiger partial charge is 0.257 e. The number of hydrogen-bond acceptors (Lipinski definition) is 4. The number of anilines is 1. The summed E-state index contributed by atoms with van der Waals surface area (Å²) in [5.41, 5.74) is 1.04. The largest absolute Gasteiger partial charge is 0.497 e. The van der Waals surface area contributed by atoms with Crippen LogP contribution in [0.1, 0.15) is 17.3 Å². The molecule has 0 spiro atoms. The number of methoxy groups -OCH3 is 1. The van der Waals surface area contributed by atoms with E-state index in [4.69, 9.17) is 9.47 Å². The number of ether oxygens (including phenoxy) is 2. The molecule has 0 saturated heterocycles. The normalized spacial score (nSPS) is 10.0. The zero-order chi connectivity index (χ0) is 18.2. The fraction of sp³-hybridized carbons (Fsp3) is 0.263. The Hall–Kier alpha value is -3.02. The molecule has 0 bridgehead atoms. The Balaban J connectivity index is 2.02. The predicted molar refractivity (Wildman–Crippen MR) is 96.2 cm³/mol. The second kappa shape index (κ2) is 8.73. The maximum Gasteiger partial charge on any atom is 0.257 e. The number of nitrogens with zero attached hydrogens (tertiary/aromatic N) is 1. The summed E-state index contributed by atoms with van der Waals surface area (Å²) in [4.78, 5) is 26.1. The molecule has 6 nitrogen and oxygen atoms in total. The van der Waals surface area contributed by atoms with Crippen LogP contribution in [0.2, 0.25) is 0 Å². The highest BCUT2D eigenvalue weighted by molar-refractivity contribution is 6.00. The number of benzene rings is 2. The van der Waals surface area contributed by atoms with E-state index in [2.05, 4.69) is 5.32 Å². The number of likely N-dealkylation sites (N-methyl/N-ethyl adjacent to an activating group) is 1. The summed E-state index contributed by atoms with van der Waals surface area (Å²) in [5.74, 6) is 0.589. The Kier molecular flexibility index (Phi) is 6.39. The van der Waals surface area contributed by atoms with E-state index in [1.54, 1.807) is 62.7 Å². The quantitative estimate of drug-likeness (QED) is 0.840. The van der Waals surface area contributed by atoms with Crippen LogP contribution >= 0.6 is 0 Å². The van der Waals surface area contributed by atoms with E-state index in [0.717, 1.165) is 0 Å². The number of carbonyl (C=O) groups is 2. The number of nitrogens with one attached hydrogen (secondary N) is 1. The summed E-state index contributed by atoms with van der Waals surface area (Å²) in [7, 11) is 3.14. The van der Waals surface area contributed by atoms with E-state index >= 15 is 0 Å². The number of carbonyl (C=O) groups excluding carboxylic acids is 2. The zero-order valence-electron chi connectivity index (χ0n) is 14.6. The van der Waals surface area contributed by atoms with E-state index in [1.807, 2.05) is 6.92 Å². The highest BCUT2D eigenvalue weighted by atomic mass is 16.5. The topological polar surface area (TPSA) is 67.9 Å². The first-order chi connectivity index (χ1) is 12.0. The average molecular weight is 342 g/mol. The van der Waals surface area contributed by atoms with Crippen LogP contribution in [0.3, 0.4) is 0 Å². The lowest BCUT2D eigenvalue weighted by atomic mass is 10.1. The number of para-hydroxylation sites is 1. The molecular weight excluding hydrogens is 320 g/mol. The van der Waals surface area contributed by atoms with Crippen LogP contribution in [-0.2, 0) is 4.79 Å².